The number of amides is 2. The van der Waals surface area contributed by atoms with Crippen LogP contribution in [0.2, 0.25) is 0 Å². The van der Waals surface area contributed by atoms with E-state index in [2.05, 4.69) is 22.9 Å². The van der Waals surface area contributed by atoms with E-state index in [0.717, 1.165) is 0 Å². The van der Waals surface area contributed by atoms with Gasteiger partial charge < -0.3 is 5.32 Å². The molecule has 4 nitrogen and oxygen atoms in total. The standard InChI is InChI=1S/C8H7N3OS/c9-5-6-1-3-7(4-2-6)10-8(12)11-13/h1-4,13H,(H2,10,11,12). The van der Waals surface area contributed by atoms with Crippen molar-refractivity contribution in [1.29, 1.82) is 5.26 Å². The molecule has 5 heteroatoms. The van der Waals surface area contributed by atoms with Gasteiger partial charge in [-0.1, -0.05) is 12.8 Å². The molecule has 2 amide bonds. The lowest BCUT2D eigenvalue weighted by molar-refractivity contribution is 0.257. The third-order valence-electron chi connectivity index (χ3n) is 1.37. The summed E-state index contributed by atoms with van der Waals surface area (Å²) in [6.45, 7) is 0. The number of hydrogen-bond donors (Lipinski definition) is 3. The summed E-state index contributed by atoms with van der Waals surface area (Å²) in [6.07, 6.45) is 0. The lowest BCUT2D eigenvalue weighted by Crippen LogP contribution is -2.20. The molecular weight excluding hydrogens is 186 g/mol. The molecule has 0 aliphatic rings. The van der Waals surface area contributed by atoms with Gasteiger partial charge in [0.25, 0.3) is 0 Å². The van der Waals surface area contributed by atoms with Gasteiger partial charge in [0, 0.05) is 5.69 Å². The molecule has 1 rings (SSSR count). The minimum atomic E-state index is -0.409. The second kappa shape index (κ2) is 4.38. The Bertz CT molecular complexity index is 341. The van der Waals surface area contributed by atoms with Gasteiger partial charge in [-0.05, 0) is 24.3 Å². The zero-order valence-electron chi connectivity index (χ0n) is 6.61. The zero-order valence-corrected chi connectivity index (χ0v) is 7.51. The highest BCUT2D eigenvalue weighted by atomic mass is 32.1. The van der Waals surface area contributed by atoms with E-state index >= 15 is 0 Å². The van der Waals surface area contributed by atoms with Crippen molar-refractivity contribution in [2.45, 2.75) is 0 Å². The summed E-state index contributed by atoms with van der Waals surface area (Å²) in [6, 6.07) is 8.09. The molecule has 0 saturated heterocycles. The number of nitriles is 1. The number of carbonyl (C=O) groups is 1. The van der Waals surface area contributed by atoms with Gasteiger partial charge in [0.2, 0.25) is 0 Å². The molecule has 0 fully saturated rings. The molecule has 0 heterocycles. The molecule has 0 atom stereocenters. The van der Waals surface area contributed by atoms with Crippen LogP contribution in [0, 0.1) is 11.3 Å². The number of anilines is 1. The van der Waals surface area contributed by atoms with Crippen molar-refractivity contribution in [1.82, 2.24) is 4.72 Å². The summed E-state index contributed by atoms with van der Waals surface area (Å²) in [5.41, 5.74) is 1.17. The minimum absolute atomic E-state index is 0.409. The highest BCUT2D eigenvalue weighted by Crippen LogP contribution is 2.08. The number of thiol groups is 1. The van der Waals surface area contributed by atoms with Crippen molar-refractivity contribution in [2.75, 3.05) is 5.32 Å². The van der Waals surface area contributed by atoms with Gasteiger partial charge in [0.15, 0.2) is 0 Å². The molecule has 0 radical (unpaired) electrons. The summed E-state index contributed by atoms with van der Waals surface area (Å²) in [4.78, 5) is 10.8. The topological polar surface area (TPSA) is 64.9 Å². The van der Waals surface area contributed by atoms with Crippen LogP contribution in [-0.4, -0.2) is 6.03 Å². The van der Waals surface area contributed by atoms with Gasteiger partial charge >= 0.3 is 6.03 Å². The highest BCUT2D eigenvalue weighted by molar-refractivity contribution is 7.78. The molecule has 0 spiro atoms. The first kappa shape index (κ1) is 9.42. The largest absolute Gasteiger partial charge is 0.329 e. The summed E-state index contributed by atoms with van der Waals surface area (Å²) in [5.74, 6) is 0. The van der Waals surface area contributed by atoms with Crippen LogP contribution in [0.25, 0.3) is 0 Å². The van der Waals surface area contributed by atoms with Crippen LogP contribution >= 0.6 is 12.8 Å². The predicted molar refractivity (Wildman–Crippen MR) is 52.3 cm³/mol. The fourth-order valence-corrected chi connectivity index (χ4v) is 0.843. The van der Waals surface area contributed by atoms with Crippen molar-refractivity contribution in [3.05, 3.63) is 29.8 Å². The van der Waals surface area contributed by atoms with Crippen LogP contribution in [0.1, 0.15) is 5.56 Å². The molecule has 0 unspecified atom stereocenters. The second-order valence-electron chi connectivity index (χ2n) is 2.26. The number of nitrogens with zero attached hydrogens (tertiary/aromatic N) is 1. The number of nitrogens with one attached hydrogen (secondary N) is 2. The van der Waals surface area contributed by atoms with Crippen LogP contribution in [0.4, 0.5) is 10.5 Å². The summed E-state index contributed by atoms with van der Waals surface area (Å²) >= 11 is 3.57. The molecular formula is C8H7N3OS. The summed E-state index contributed by atoms with van der Waals surface area (Å²) in [5, 5.41) is 11.0. The van der Waals surface area contributed by atoms with E-state index in [9.17, 15) is 4.79 Å². The number of rotatable bonds is 1. The average Bonchev–Trinajstić information content (AvgIpc) is 2.19. The SMILES string of the molecule is N#Cc1ccc(NC(=O)NS)cc1. The van der Waals surface area contributed by atoms with Crippen molar-refractivity contribution in [3.8, 4) is 6.07 Å². The van der Waals surface area contributed by atoms with Crippen molar-refractivity contribution < 1.29 is 4.79 Å². The Labute approximate surface area is 81.1 Å². The molecule has 0 aliphatic heterocycles. The highest BCUT2D eigenvalue weighted by Gasteiger charge is 1.97. The first-order valence-corrected chi connectivity index (χ1v) is 3.92. The van der Waals surface area contributed by atoms with Crippen LogP contribution in [0.3, 0.4) is 0 Å². The number of benzene rings is 1. The molecule has 0 bridgehead atoms. The molecule has 0 aromatic heterocycles. The maximum atomic E-state index is 10.8. The Balaban J connectivity index is 2.71. The van der Waals surface area contributed by atoms with Crippen LogP contribution < -0.4 is 10.0 Å². The van der Waals surface area contributed by atoms with Gasteiger partial charge in [0.1, 0.15) is 0 Å². The predicted octanol–water partition coefficient (Wildman–Crippen LogP) is 1.52. The van der Waals surface area contributed by atoms with Crippen LogP contribution in [0.15, 0.2) is 24.3 Å². The Morgan fingerprint density at radius 2 is 2.00 bits per heavy atom. The number of hydrogen-bond acceptors (Lipinski definition) is 3. The molecule has 1 aromatic carbocycles. The summed E-state index contributed by atoms with van der Waals surface area (Å²) < 4.78 is 2.12. The van der Waals surface area contributed by atoms with Gasteiger partial charge in [0.05, 0.1) is 11.6 Å². The fourth-order valence-electron chi connectivity index (χ4n) is 0.787. The third kappa shape index (κ3) is 2.69. The first-order valence-electron chi connectivity index (χ1n) is 3.47. The van der Waals surface area contributed by atoms with E-state index in [1.165, 1.54) is 0 Å². The van der Waals surface area contributed by atoms with E-state index in [1.807, 2.05) is 6.07 Å². The Morgan fingerprint density at radius 1 is 1.38 bits per heavy atom. The first-order chi connectivity index (χ1) is 6.26. The second-order valence-corrected chi connectivity index (χ2v) is 2.48. The lowest BCUT2D eigenvalue weighted by atomic mass is 10.2. The number of urea groups is 1. The van der Waals surface area contributed by atoms with Crippen molar-refractivity contribution in [3.63, 3.8) is 0 Å². The Hall–Kier alpha value is -1.67. The van der Waals surface area contributed by atoms with Gasteiger partial charge in [-0.3, -0.25) is 4.72 Å². The van der Waals surface area contributed by atoms with Crippen LogP contribution in [-0.2, 0) is 0 Å². The van der Waals surface area contributed by atoms with Crippen molar-refractivity contribution in [2.24, 2.45) is 0 Å². The lowest BCUT2D eigenvalue weighted by Gasteiger charge is -2.02. The fraction of sp³-hybridized carbons (Fsp3) is 0. The molecule has 0 saturated carbocycles. The van der Waals surface area contributed by atoms with Gasteiger partial charge in [-0.15, -0.1) is 0 Å². The van der Waals surface area contributed by atoms with Crippen molar-refractivity contribution >= 4 is 24.5 Å². The number of carbonyl (C=O) groups excluding carboxylic acids is 1. The van der Waals surface area contributed by atoms with E-state index in [1.54, 1.807) is 24.3 Å². The Kier molecular flexibility index (Phi) is 3.17. The van der Waals surface area contributed by atoms with E-state index < -0.39 is 6.03 Å². The third-order valence-corrected chi connectivity index (χ3v) is 1.58. The maximum Gasteiger partial charge on any atom is 0.329 e. The smallest absolute Gasteiger partial charge is 0.307 e. The summed E-state index contributed by atoms with van der Waals surface area (Å²) in [7, 11) is 0. The Morgan fingerprint density at radius 3 is 2.46 bits per heavy atom. The zero-order chi connectivity index (χ0) is 9.68. The van der Waals surface area contributed by atoms with E-state index in [4.69, 9.17) is 5.26 Å². The minimum Gasteiger partial charge on any atom is -0.307 e. The monoisotopic (exact) mass is 193 g/mol. The maximum absolute atomic E-state index is 10.8. The molecule has 1 aromatic rings. The quantitative estimate of drug-likeness (QED) is 0.592. The van der Waals surface area contributed by atoms with E-state index in [0.29, 0.717) is 11.3 Å². The van der Waals surface area contributed by atoms with Gasteiger partial charge in [-0.25, -0.2) is 4.79 Å². The molecule has 2 N–H and O–H groups in total. The molecule has 13 heavy (non-hydrogen) atoms. The van der Waals surface area contributed by atoms with E-state index in [-0.39, 0.29) is 0 Å². The molecule has 0 aliphatic carbocycles. The normalized spacial score (nSPS) is 8.62. The molecule has 66 valence electrons. The average molecular weight is 193 g/mol. The van der Waals surface area contributed by atoms with Crippen LogP contribution in [0.5, 0.6) is 0 Å². The van der Waals surface area contributed by atoms with Gasteiger partial charge in [-0.2, -0.15) is 5.26 Å².